The molecule has 0 amide bonds. The van der Waals surface area contributed by atoms with Crippen molar-refractivity contribution in [2.75, 3.05) is 0 Å². The minimum Gasteiger partial charge on any atom is -0.296 e. The first-order valence-electron chi connectivity index (χ1n) is 6.51. The fourth-order valence-electron chi connectivity index (χ4n) is 2.13. The first kappa shape index (κ1) is 14.7. The monoisotopic (exact) mass is 366 g/mol. The molecule has 0 unspecified atom stereocenters. The van der Waals surface area contributed by atoms with Crippen LogP contribution in [-0.4, -0.2) is 19.5 Å². The van der Waals surface area contributed by atoms with Crippen molar-refractivity contribution >= 4 is 15.9 Å². The van der Waals surface area contributed by atoms with Crippen LogP contribution < -0.4 is 5.76 Å². The summed E-state index contributed by atoms with van der Waals surface area (Å²) < 4.78 is 21.6. The number of benzene rings is 1. The molecule has 114 valence electrons. The largest absolute Gasteiger partial charge is 0.441 e. The van der Waals surface area contributed by atoms with Crippen molar-refractivity contribution < 1.29 is 8.91 Å². The summed E-state index contributed by atoms with van der Waals surface area (Å²) in [6.07, 6.45) is 2.04. The Bertz CT molecular complexity index is 831. The van der Waals surface area contributed by atoms with Gasteiger partial charge in [-0.1, -0.05) is 17.3 Å². The average molecular weight is 367 g/mol. The van der Waals surface area contributed by atoms with E-state index >= 15 is 0 Å². The quantitative estimate of drug-likeness (QED) is 0.709. The lowest BCUT2D eigenvalue weighted by molar-refractivity contribution is 0.374. The minimum atomic E-state index is -0.537. The van der Waals surface area contributed by atoms with Crippen molar-refractivity contribution in [3.05, 3.63) is 68.4 Å². The van der Waals surface area contributed by atoms with E-state index in [1.165, 1.54) is 16.7 Å². The van der Waals surface area contributed by atoms with E-state index in [0.29, 0.717) is 12.2 Å². The van der Waals surface area contributed by atoms with Crippen molar-refractivity contribution in [1.29, 1.82) is 0 Å². The van der Waals surface area contributed by atoms with Gasteiger partial charge in [-0.25, -0.2) is 9.18 Å². The molecule has 2 aromatic heterocycles. The van der Waals surface area contributed by atoms with E-state index in [4.69, 9.17) is 4.52 Å². The normalized spacial score (nSPS) is 11.0. The lowest BCUT2D eigenvalue weighted by Gasteiger charge is -2.06. The summed E-state index contributed by atoms with van der Waals surface area (Å²) in [6, 6.07) is 6.04. The molecule has 2 heterocycles. The zero-order valence-corrected chi connectivity index (χ0v) is 13.2. The topological polar surface area (TPSA) is 65.8 Å². The van der Waals surface area contributed by atoms with Gasteiger partial charge in [0.25, 0.3) is 0 Å². The van der Waals surface area contributed by atoms with Crippen LogP contribution in [0.3, 0.4) is 0 Å². The van der Waals surface area contributed by atoms with Gasteiger partial charge in [0, 0.05) is 13.5 Å². The number of aryl methyl sites for hydroxylation is 1. The highest BCUT2D eigenvalue weighted by molar-refractivity contribution is 9.10. The fourth-order valence-corrected chi connectivity index (χ4v) is 2.60. The first-order chi connectivity index (χ1) is 10.5. The molecule has 8 heteroatoms. The summed E-state index contributed by atoms with van der Waals surface area (Å²) in [5.41, 5.74) is 1.66. The molecule has 22 heavy (non-hydrogen) atoms. The number of aromatic nitrogens is 4. The maximum atomic E-state index is 12.9. The molecular formula is C14H12BrFN4O2. The van der Waals surface area contributed by atoms with E-state index in [9.17, 15) is 9.18 Å². The van der Waals surface area contributed by atoms with E-state index in [0.717, 1.165) is 15.7 Å². The number of rotatable bonds is 4. The molecule has 0 bridgehead atoms. The average Bonchev–Trinajstić information content (AvgIpc) is 3.00. The third kappa shape index (κ3) is 2.87. The molecule has 0 radical (unpaired) electrons. The Morgan fingerprint density at radius 1 is 1.32 bits per heavy atom. The van der Waals surface area contributed by atoms with Crippen molar-refractivity contribution in [1.82, 2.24) is 19.5 Å². The molecule has 0 saturated heterocycles. The molecule has 3 aromatic rings. The van der Waals surface area contributed by atoms with Gasteiger partial charge in [0.05, 0.1) is 22.9 Å². The van der Waals surface area contributed by atoms with Crippen LogP contribution in [0.1, 0.15) is 17.1 Å². The molecule has 0 saturated carbocycles. The number of nitrogens with zero attached hydrogens (tertiary/aromatic N) is 4. The van der Waals surface area contributed by atoms with Gasteiger partial charge in [-0.3, -0.25) is 13.8 Å². The summed E-state index contributed by atoms with van der Waals surface area (Å²) in [4.78, 5) is 11.9. The van der Waals surface area contributed by atoms with Gasteiger partial charge < -0.3 is 0 Å². The second-order valence-electron chi connectivity index (χ2n) is 4.82. The van der Waals surface area contributed by atoms with Crippen LogP contribution in [0.5, 0.6) is 0 Å². The van der Waals surface area contributed by atoms with Crippen LogP contribution in [0, 0.1) is 5.82 Å². The summed E-state index contributed by atoms with van der Waals surface area (Å²) >= 11 is 3.40. The maximum absolute atomic E-state index is 12.9. The molecule has 0 aliphatic heterocycles. The predicted octanol–water partition coefficient (Wildman–Crippen LogP) is 2.11. The van der Waals surface area contributed by atoms with Gasteiger partial charge in [-0.05, 0) is 33.6 Å². The predicted molar refractivity (Wildman–Crippen MR) is 80.0 cm³/mol. The number of hydrogen-bond acceptors (Lipinski definition) is 4. The molecule has 1 aromatic carbocycles. The second-order valence-corrected chi connectivity index (χ2v) is 5.67. The Hall–Kier alpha value is -2.22. The van der Waals surface area contributed by atoms with Crippen LogP contribution >= 0.6 is 15.9 Å². The summed E-state index contributed by atoms with van der Waals surface area (Å²) in [6.45, 7) is 0.288. The Kier molecular flexibility index (Phi) is 3.93. The fraction of sp³-hybridized carbons (Fsp3) is 0.214. The van der Waals surface area contributed by atoms with E-state index < -0.39 is 5.76 Å². The number of halogens is 2. The lowest BCUT2D eigenvalue weighted by Crippen LogP contribution is -2.20. The van der Waals surface area contributed by atoms with E-state index in [2.05, 4.69) is 26.2 Å². The molecule has 0 aliphatic rings. The van der Waals surface area contributed by atoms with Crippen LogP contribution in [0.4, 0.5) is 4.39 Å². The molecule has 0 atom stereocenters. The highest BCUT2D eigenvalue weighted by Gasteiger charge is 2.15. The first-order valence-corrected chi connectivity index (χ1v) is 7.30. The molecule has 3 rings (SSSR count). The molecule has 6 nitrogen and oxygen atoms in total. The Labute approximate surface area is 133 Å². The highest BCUT2D eigenvalue weighted by Crippen LogP contribution is 2.17. The van der Waals surface area contributed by atoms with Crippen LogP contribution in [0.25, 0.3) is 0 Å². The zero-order chi connectivity index (χ0) is 15.7. The third-order valence-corrected chi connectivity index (χ3v) is 4.02. The third-order valence-electron chi connectivity index (χ3n) is 3.36. The zero-order valence-electron chi connectivity index (χ0n) is 11.7. The van der Waals surface area contributed by atoms with E-state index in [1.807, 2.05) is 0 Å². The van der Waals surface area contributed by atoms with Crippen LogP contribution in [0.15, 0.2) is 44.3 Å². The second kappa shape index (κ2) is 5.88. The smallest absolute Gasteiger partial charge is 0.296 e. The Morgan fingerprint density at radius 3 is 2.68 bits per heavy atom. The Morgan fingerprint density at radius 2 is 2.05 bits per heavy atom. The molecular weight excluding hydrogens is 355 g/mol. The SMILES string of the molecule is Cn1ncc(Br)c1Cn1c(Cc2ccc(F)cc2)noc1=O. The van der Waals surface area contributed by atoms with Crippen molar-refractivity contribution in [2.45, 2.75) is 13.0 Å². The molecule has 0 aliphatic carbocycles. The lowest BCUT2D eigenvalue weighted by atomic mass is 10.1. The highest BCUT2D eigenvalue weighted by atomic mass is 79.9. The van der Waals surface area contributed by atoms with Gasteiger partial charge >= 0.3 is 5.76 Å². The standard InChI is InChI=1S/C14H12BrFN4O2/c1-19-12(11(15)7-17-19)8-20-13(18-22-14(20)21)6-9-2-4-10(16)5-3-9/h2-5,7H,6,8H2,1H3. The van der Waals surface area contributed by atoms with Gasteiger partial charge in [-0.15, -0.1) is 0 Å². The van der Waals surface area contributed by atoms with Crippen LogP contribution in [-0.2, 0) is 20.0 Å². The van der Waals surface area contributed by atoms with Crippen molar-refractivity contribution in [3.63, 3.8) is 0 Å². The maximum Gasteiger partial charge on any atom is 0.441 e. The Balaban J connectivity index is 1.91. The van der Waals surface area contributed by atoms with Crippen molar-refractivity contribution in [3.8, 4) is 0 Å². The van der Waals surface area contributed by atoms with Gasteiger partial charge in [-0.2, -0.15) is 5.10 Å². The van der Waals surface area contributed by atoms with Gasteiger partial charge in [0.1, 0.15) is 5.82 Å². The molecule has 0 fully saturated rings. The van der Waals surface area contributed by atoms with Gasteiger partial charge in [0.15, 0.2) is 5.82 Å². The number of hydrogen-bond donors (Lipinski definition) is 0. The summed E-state index contributed by atoms with van der Waals surface area (Å²) in [5, 5.41) is 7.92. The van der Waals surface area contributed by atoms with E-state index in [-0.39, 0.29) is 12.4 Å². The summed E-state index contributed by atoms with van der Waals surface area (Å²) in [7, 11) is 1.79. The van der Waals surface area contributed by atoms with Gasteiger partial charge in [0.2, 0.25) is 0 Å². The van der Waals surface area contributed by atoms with Crippen LogP contribution in [0.2, 0.25) is 0 Å². The van der Waals surface area contributed by atoms with Crippen molar-refractivity contribution in [2.24, 2.45) is 7.05 Å². The summed E-state index contributed by atoms with van der Waals surface area (Å²) in [5.74, 6) is -0.366. The van der Waals surface area contributed by atoms with E-state index in [1.54, 1.807) is 30.1 Å². The minimum absolute atomic E-state index is 0.288. The molecule has 0 spiro atoms. The molecule has 0 N–H and O–H groups in total.